The minimum atomic E-state index is -0.234. The van der Waals surface area contributed by atoms with Crippen LogP contribution >= 0.6 is 11.6 Å². The lowest BCUT2D eigenvalue weighted by Crippen LogP contribution is -2.28. The smallest absolute Gasteiger partial charge is 0.255 e. The van der Waals surface area contributed by atoms with E-state index in [1.54, 1.807) is 7.11 Å². The van der Waals surface area contributed by atoms with Crippen molar-refractivity contribution in [2.24, 2.45) is 0 Å². The van der Waals surface area contributed by atoms with Crippen LogP contribution in [0.4, 0.5) is 0 Å². The number of para-hydroxylation sites is 1. The number of hydrogen-bond acceptors (Lipinski definition) is 2. The number of nitrogens with zero attached hydrogens (tertiary/aromatic N) is 1. The molecule has 4 nitrogen and oxygen atoms in total. The molecule has 0 fully saturated rings. The summed E-state index contributed by atoms with van der Waals surface area (Å²) in [6.07, 6.45) is 0. The van der Waals surface area contributed by atoms with Crippen LogP contribution in [0.1, 0.15) is 33.1 Å². The van der Waals surface area contributed by atoms with Crippen LogP contribution in [0.15, 0.2) is 97.1 Å². The van der Waals surface area contributed by atoms with Gasteiger partial charge >= 0.3 is 0 Å². The highest BCUT2D eigenvalue weighted by Crippen LogP contribution is 2.46. The predicted molar refractivity (Wildman–Crippen MR) is 140 cm³/mol. The molecule has 1 amide bonds. The average Bonchev–Trinajstić information content (AvgIpc) is 3.40. The maximum atomic E-state index is 13.7. The van der Waals surface area contributed by atoms with Gasteiger partial charge in [0.25, 0.3) is 5.91 Å². The van der Waals surface area contributed by atoms with Gasteiger partial charge in [0, 0.05) is 33.6 Å². The number of methoxy groups -OCH3 is 1. The van der Waals surface area contributed by atoms with Crippen molar-refractivity contribution in [2.75, 3.05) is 7.11 Å². The molecule has 1 aliphatic heterocycles. The zero-order valence-electron chi connectivity index (χ0n) is 19.2. The molecule has 1 N–H and O–H groups in total. The van der Waals surface area contributed by atoms with Gasteiger partial charge in [-0.1, -0.05) is 72.3 Å². The van der Waals surface area contributed by atoms with E-state index < -0.39 is 0 Å². The highest BCUT2D eigenvalue weighted by atomic mass is 35.5. The molecule has 0 saturated carbocycles. The lowest BCUT2D eigenvalue weighted by molar-refractivity contribution is 0.0737. The number of fused-ring (bicyclic) bond motifs is 2. The SMILES string of the molecule is COc1ccc(CN2C(=O)c3ccccc3[C@H]2c2c(-c3ccc(Cl)cc3)[nH]c3ccccc23)cc1. The summed E-state index contributed by atoms with van der Waals surface area (Å²) in [7, 11) is 1.65. The molecule has 2 heterocycles. The molecule has 35 heavy (non-hydrogen) atoms. The monoisotopic (exact) mass is 478 g/mol. The quantitative estimate of drug-likeness (QED) is 0.289. The van der Waals surface area contributed by atoms with Gasteiger partial charge in [0.1, 0.15) is 5.75 Å². The fourth-order valence-corrected chi connectivity index (χ4v) is 5.19. The number of benzene rings is 4. The van der Waals surface area contributed by atoms with Gasteiger partial charge in [-0.3, -0.25) is 4.79 Å². The summed E-state index contributed by atoms with van der Waals surface area (Å²) in [6.45, 7) is 0.488. The molecular weight excluding hydrogens is 456 g/mol. The first-order valence-corrected chi connectivity index (χ1v) is 11.9. The van der Waals surface area contributed by atoms with E-state index in [0.717, 1.165) is 50.2 Å². The number of aromatic amines is 1. The first-order chi connectivity index (χ1) is 17.1. The van der Waals surface area contributed by atoms with E-state index in [4.69, 9.17) is 16.3 Å². The van der Waals surface area contributed by atoms with Crippen LogP contribution in [-0.4, -0.2) is 22.9 Å². The fourth-order valence-electron chi connectivity index (χ4n) is 5.06. The lowest BCUT2D eigenvalue weighted by atomic mass is 9.93. The Kier molecular flexibility index (Phi) is 5.31. The Bertz CT molecular complexity index is 1540. The summed E-state index contributed by atoms with van der Waals surface area (Å²) in [5.74, 6) is 0.830. The standard InChI is InChI=1S/C30H23ClN2O2/c1-35-22-16-10-19(11-17-22)18-33-29(23-6-2-3-7-24(23)30(33)34)27-25-8-4-5-9-26(25)32-28(27)20-12-14-21(31)15-13-20/h2-17,29,32H,18H2,1H3/t29-/m0/s1. The van der Waals surface area contributed by atoms with Crippen LogP contribution in [0.2, 0.25) is 5.02 Å². The molecule has 6 rings (SSSR count). The van der Waals surface area contributed by atoms with E-state index >= 15 is 0 Å². The molecular formula is C30H23ClN2O2. The number of rotatable bonds is 5. The van der Waals surface area contributed by atoms with Crippen molar-refractivity contribution in [1.29, 1.82) is 0 Å². The van der Waals surface area contributed by atoms with Gasteiger partial charge in [-0.15, -0.1) is 0 Å². The number of aromatic nitrogens is 1. The van der Waals surface area contributed by atoms with Crippen molar-refractivity contribution in [2.45, 2.75) is 12.6 Å². The Morgan fingerprint density at radius 2 is 1.60 bits per heavy atom. The van der Waals surface area contributed by atoms with Crippen LogP contribution in [0, 0.1) is 0 Å². The summed E-state index contributed by atoms with van der Waals surface area (Å²) in [5, 5.41) is 1.79. The van der Waals surface area contributed by atoms with Gasteiger partial charge in [-0.05, 0) is 53.1 Å². The van der Waals surface area contributed by atoms with Crippen molar-refractivity contribution >= 4 is 28.4 Å². The summed E-state index contributed by atoms with van der Waals surface area (Å²) >= 11 is 6.19. The molecule has 0 radical (unpaired) electrons. The Morgan fingerprint density at radius 3 is 2.37 bits per heavy atom. The second-order valence-corrected chi connectivity index (χ2v) is 9.17. The molecule has 0 unspecified atom stereocenters. The lowest BCUT2D eigenvalue weighted by Gasteiger charge is -2.27. The van der Waals surface area contributed by atoms with Crippen molar-refractivity contribution < 1.29 is 9.53 Å². The molecule has 1 aliphatic rings. The second kappa shape index (κ2) is 8.64. The van der Waals surface area contributed by atoms with Crippen LogP contribution in [0.3, 0.4) is 0 Å². The third kappa shape index (κ3) is 3.67. The fraction of sp³-hybridized carbons (Fsp3) is 0.100. The van der Waals surface area contributed by atoms with Crippen molar-refractivity contribution in [3.8, 4) is 17.0 Å². The number of amides is 1. The average molecular weight is 479 g/mol. The molecule has 4 aromatic carbocycles. The number of hydrogen-bond donors (Lipinski definition) is 1. The first-order valence-electron chi connectivity index (χ1n) is 11.5. The van der Waals surface area contributed by atoms with E-state index in [9.17, 15) is 4.79 Å². The van der Waals surface area contributed by atoms with Crippen LogP contribution in [0.25, 0.3) is 22.2 Å². The van der Waals surface area contributed by atoms with Gasteiger partial charge in [0.05, 0.1) is 18.8 Å². The molecule has 0 aliphatic carbocycles. The number of H-pyrrole nitrogens is 1. The van der Waals surface area contributed by atoms with E-state index in [1.165, 1.54) is 0 Å². The Labute approximate surface area is 208 Å². The van der Waals surface area contributed by atoms with Gasteiger partial charge < -0.3 is 14.6 Å². The Balaban J connectivity index is 1.55. The second-order valence-electron chi connectivity index (χ2n) is 8.74. The minimum absolute atomic E-state index is 0.0359. The Morgan fingerprint density at radius 1 is 0.886 bits per heavy atom. The van der Waals surface area contributed by atoms with Crippen LogP contribution < -0.4 is 4.74 Å². The van der Waals surface area contributed by atoms with Crippen molar-refractivity contribution in [1.82, 2.24) is 9.88 Å². The zero-order valence-corrected chi connectivity index (χ0v) is 19.9. The van der Waals surface area contributed by atoms with Crippen LogP contribution in [-0.2, 0) is 6.54 Å². The number of halogens is 1. The third-order valence-corrected chi connectivity index (χ3v) is 6.97. The maximum Gasteiger partial charge on any atom is 0.255 e. The summed E-state index contributed by atoms with van der Waals surface area (Å²) < 4.78 is 5.32. The molecule has 5 heteroatoms. The van der Waals surface area contributed by atoms with E-state index in [1.807, 2.05) is 83.8 Å². The summed E-state index contributed by atoms with van der Waals surface area (Å²) in [4.78, 5) is 19.3. The molecule has 172 valence electrons. The minimum Gasteiger partial charge on any atom is -0.497 e. The van der Waals surface area contributed by atoms with E-state index in [2.05, 4.69) is 23.2 Å². The van der Waals surface area contributed by atoms with Gasteiger partial charge in [-0.25, -0.2) is 0 Å². The topological polar surface area (TPSA) is 45.3 Å². The highest BCUT2D eigenvalue weighted by molar-refractivity contribution is 6.30. The van der Waals surface area contributed by atoms with Gasteiger partial charge in [-0.2, -0.15) is 0 Å². The molecule has 0 saturated heterocycles. The number of ether oxygens (including phenoxy) is 1. The van der Waals surface area contributed by atoms with Crippen molar-refractivity contribution in [3.05, 3.63) is 124 Å². The number of carbonyl (C=O) groups is 1. The van der Waals surface area contributed by atoms with Crippen molar-refractivity contribution in [3.63, 3.8) is 0 Å². The van der Waals surface area contributed by atoms with E-state index in [-0.39, 0.29) is 11.9 Å². The molecule has 1 atom stereocenters. The Hall–Kier alpha value is -4.02. The molecule has 5 aromatic rings. The number of nitrogens with one attached hydrogen (secondary N) is 1. The summed E-state index contributed by atoms with van der Waals surface area (Å²) in [6, 6.07) is 31.7. The highest BCUT2D eigenvalue weighted by Gasteiger charge is 2.40. The predicted octanol–water partition coefficient (Wildman–Crippen LogP) is 7.24. The third-order valence-electron chi connectivity index (χ3n) is 6.72. The zero-order chi connectivity index (χ0) is 23.9. The maximum absolute atomic E-state index is 13.7. The first kappa shape index (κ1) is 21.5. The molecule has 1 aromatic heterocycles. The van der Waals surface area contributed by atoms with Crippen LogP contribution in [0.5, 0.6) is 5.75 Å². The summed E-state index contributed by atoms with van der Waals surface area (Å²) in [5.41, 5.74) is 6.97. The van der Waals surface area contributed by atoms with Gasteiger partial charge in [0.2, 0.25) is 0 Å². The molecule has 0 bridgehead atoms. The largest absolute Gasteiger partial charge is 0.497 e. The van der Waals surface area contributed by atoms with E-state index in [0.29, 0.717) is 11.6 Å². The molecule has 0 spiro atoms. The van der Waals surface area contributed by atoms with Gasteiger partial charge in [0.15, 0.2) is 0 Å². The normalized spacial score (nSPS) is 15.0. The number of carbonyl (C=O) groups excluding carboxylic acids is 1.